The number of benzene rings is 3. The van der Waals surface area contributed by atoms with Crippen molar-refractivity contribution in [1.82, 2.24) is 0 Å². The lowest BCUT2D eigenvalue weighted by Crippen LogP contribution is -2.12. The van der Waals surface area contributed by atoms with Crippen molar-refractivity contribution in [2.45, 2.75) is 91.4 Å². The predicted molar refractivity (Wildman–Crippen MR) is 171 cm³/mol. The van der Waals surface area contributed by atoms with Gasteiger partial charge in [0.25, 0.3) is 0 Å². The number of rotatable bonds is 19. The highest BCUT2D eigenvalue weighted by atomic mass is 19.1. The van der Waals surface area contributed by atoms with Crippen LogP contribution < -0.4 is 4.74 Å². The van der Waals surface area contributed by atoms with Gasteiger partial charge in [-0.2, -0.15) is 0 Å². The molecule has 3 aromatic rings. The normalized spacial score (nSPS) is 11.7. The van der Waals surface area contributed by atoms with Crippen molar-refractivity contribution in [3.05, 3.63) is 77.6 Å². The second kappa shape index (κ2) is 18.1. The van der Waals surface area contributed by atoms with Crippen LogP contribution in [0.2, 0.25) is 0 Å². The molecule has 1 N–H and O–H groups in total. The summed E-state index contributed by atoms with van der Waals surface area (Å²) in [5, 5.41) is 9.30. The van der Waals surface area contributed by atoms with Gasteiger partial charge in [0.2, 0.25) is 0 Å². The minimum absolute atomic E-state index is 0.158. The number of aromatic carboxylic acids is 1. The van der Waals surface area contributed by atoms with Crippen LogP contribution in [0.3, 0.4) is 0 Å². The summed E-state index contributed by atoms with van der Waals surface area (Å²) < 4.78 is 27.0. The molecule has 0 bridgehead atoms. The molecule has 3 rings (SSSR count). The predicted octanol–water partition coefficient (Wildman–Crippen LogP) is 10.4. The van der Waals surface area contributed by atoms with Gasteiger partial charge in [0.15, 0.2) is 0 Å². The number of carboxylic acid groups (broad SMARTS) is 1. The lowest BCUT2D eigenvalue weighted by molar-refractivity contribution is 0.0446. The number of hydrogen-bond donors (Lipinski definition) is 1. The average molecular weight is 591 g/mol. The molecule has 0 spiro atoms. The van der Waals surface area contributed by atoms with Gasteiger partial charge in [-0.25, -0.2) is 14.0 Å². The maximum absolute atomic E-state index is 15.6. The van der Waals surface area contributed by atoms with Gasteiger partial charge in [0.1, 0.15) is 11.6 Å². The number of halogens is 1. The second-order valence-corrected chi connectivity index (χ2v) is 11.4. The molecule has 5 nitrogen and oxygen atoms in total. The molecule has 0 saturated carbocycles. The molecule has 0 aliphatic heterocycles. The highest BCUT2D eigenvalue weighted by molar-refractivity contribution is 5.92. The zero-order valence-corrected chi connectivity index (χ0v) is 26.0. The first-order chi connectivity index (χ1) is 20.8. The van der Waals surface area contributed by atoms with Crippen LogP contribution in [0.15, 0.2) is 60.7 Å². The molecule has 0 amide bonds. The van der Waals surface area contributed by atoms with Crippen LogP contribution in [0.1, 0.15) is 112 Å². The van der Waals surface area contributed by atoms with E-state index in [-0.39, 0.29) is 23.7 Å². The van der Waals surface area contributed by atoms with E-state index >= 15 is 4.39 Å². The molecule has 0 aromatic heterocycles. The number of unbranched alkanes of at least 4 members (excludes halogenated alkanes) is 9. The standard InChI is InChI=1S/C37H47FO5/c1-4-6-7-8-9-10-11-12-13-14-23-42-31-20-22-32(28-15-17-29(18-16-28)36(39)40)34(25-31)33-21-19-30(24-35(33)38)37(41)43-26-27(3)5-2/h15-22,24-25,27H,4-14,23,26H2,1-3H3,(H,39,40)/t27-/m0/s1. The number of carbonyl (C=O) groups excluding carboxylic acids is 1. The first-order valence-corrected chi connectivity index (χ1v) is 15.9. The molecule has 43 heavy (non-hydrogen) atoms. The molecule has 0 heterocycles. The van der Waals surface area contributed by atoms with Crippen molar-refractivity contribution in [2.75, 3.05) is 13.2 Å². The molecule has 0 aliphatic carbocycles. The summed E-state index contributed by atoms with van der Waals surface area (Å²) in [6.45, 7) is 7.12. The molecule has 0 saturated heterocycles. The lowest BCUT2D eigenvalue weighted by atomic mass is 9.93. The van der Waals surface area contributed by atoms with Crippen LogP contribution in [0.4, 0.5) is 4.39 Å². The Hall–Kier alpha value is -3.67. The third-order valence-electron chi connectivity index (χ3n) is 7.89. The van der Waals surface area contributed by atoms with Gasteiger partial charge in [-0.15, -0.1) is 0 Å². The summed E-state index contributed by atoms with van der Waals surface area (Å²) in [6, 6.07) is 16.4. The van der Waals surface area contributed by atoms with E-state index in [1.54, 1.807) is 24.3 Å². The topological polar surface area (TPSA) is 72.8 Å². The minimum atomic E-state index is -1.01. The molecule has 0 aliphatic rings. The Morgan fingerprint density at radius 1 is 0.744 bits per heavy atom. The monoisotopic (exact) mass is 590 g/mol. The van der Waals surface area contributed by atoms with E-state index in [0.29, 0.717) is 23.5 Å². The Morgan fingerprint density at radius 3 is 1.95 bits per heavy atom. The maximum atomic E-state index is 15.6. The van der Waals surface area contributed by atoms with Crippen molar-refractivity contribution in [3.63, 3.8) is 0 Å². The lowest BCUT2D eigenvalue weighted by Gasteiger charge is -2.15. The quantitative estimate of drug-likeness (QED) is 0.111. The average Bonchev–Trinajstić information content (AvgIpc) is 3.02. The van der Waals surface area contributed by atoms with Crippen LogP contribution >= 0.6 is 0 Å². The summed E-state index contributed by atoms with van der Waals surface area (Å²) in [4.78, 5) is 23.9. The Kier molecular flexibility index (Phi) is 14.2. The van der Waals surface area contributed by atoms with E-state index in [0.717, 1.165) is 30.4 Å². The summed E-state index contributed by atoms with van der Waals surface area (Å²) >= 11 is 0. The zero-order chi connectivity index (χ0) is 31.0. The largest absolute Gasteiger partial charge is 0.494 e. The van der Waals surface area contributed by atoms with E-state index < -0.39 is 17.8 Å². The van der Waals surface area contributed by atoms with Gasteiger partial charge in [-0.3, -0.25) is 0 Å². The summed E-state index contributed by atoms with van der Waals surface area (Å²) in [6.07, 6.45) is 13.3. The highest BCUT2D eigenvalue weighted by Gasteiger charge is 2.17. The van der Waals surface area contributed by atoms with E-state index in [1.807, 2.05) is 32.0 Å². The third kappa shape index (κ3) is 10.8. The van der Waals surface area contributed by atoms with Crippen molar-refractivity contribution in [2.24, 2.45) is 5.92 Å². The summed E-state index contributed by atoms with van der Waals surface area (Å²) in [7, 11) is 0. The number of hydrogen-bond acceptors (Lipinski definition) is 4. The molecular formula is C37H47FO5. The highest BCUT2D eigenvalue weighted by Crippen LogP contribution is 2.37. The fraction of sp³-hybridized carbons (Fsp3) is 0.459. The first kappa shape index (κ1) is 33.8. The molecular weight excluding hydrogens is 543 g/mol. The van der Waals surface area contributed by atoms with Crippen LogP contribution in [-0.4, -0.2) is 30.3 Å². The molecule has 6 heteroatoms. The minimum Gasteiger partial charge on any atom is -0.494 e. The number of ether oxygens (including phenoxy) is 2. The Morgan fingerprint density at radius 2 is 1.35 bits per heavy atom. The van der Waals surface area contributed by atoms with Crippen molar-refractivity contribution in [1.29, 1.82) is 0 Å². The van der Waals surface area contributed by atoms with Gasteiger partial charge < -0.3 is 14.6 Å². The zero-order valence-electron chi connectivity index (χ0n) is 26.0. The van der Waals surface area contributed by atoms with Gasteiger partial charge in [0, 0.05) is 5.56 Å². The molecule has 0 fully saturated rings. The van der Waals surface area contributed by atoms with Gasteiger partial charge >= 0.3 is 11.9 Å². The van der Waals surface area contributed by atoms with Crippen LogP contribution in [0.5, 0.6) is 5.75 Å². The fourth-order valence-corrected chi connectivity index (χ4v) is 4.94. The van der Waals surface area contributed by atoms with Gasteiger partial charge in [-0.1, -0.05) is 109 Å². The van der Waals surface area contributed by atoms with Crippen molar-refractivity contribution in [3.8, 4) is 28.0 Å². The first-order valence-electron chi connectivity index (χ1n) is 15.9. The number of carboxylic acids is 1. The van der Waals surface area contributed by atoms with Crippen LogP contribution in [-0.2, 0) is 4.74 Å². The molecule has 1 atom stereocenters. The van der Waals surface area contributed by atoms with Gasteiger partial charge in [-0.05, 0) is 65.4 Å². The number of esters is 1. The smallest absolute Gasteiger partial charge is 0.338 e. The van der Waals surface area contributed by atoms with E-state index in [9.17, 15) is 14.7 Å². The summed E-state index contributed by atoms with van der Waals surface area (Å²) in [5.41, 5.74) is 2.73. The molecule has 0 radical (unpaired) electrons. The van der Waals surface area contributed by atoms with Gasteiger partial charge in [0.05, 0.1) is 24.3 Å². The maximum Gasteiger partial charge on any atom is 0.338 e. The SMILES string of the molecule is CCCCCCCCCCCCOc1ccc(-c2ccc(C(=O)O)cc2)c(-c2ccc(C(=O)OC[C@@H](C)CC)cc2F)c1. The third-order valence-corrected chi connectivity index (χ3v) is 7.89. The Bertz CT molecular complexity index is 1300. The molecule has 232 valence electrons. The number of carbonyl (C=O) groups is 2. The summed E-state index contributed by atoms with van der Waals surface area (Å²) in [5.74, 6) is -1.25. The Labute approximate surface area is 256 Å². The van der Waals surface area contributed by atoms with Crippen LogP contribution in [0, 0.1) is 11.7 Å². The van der Waals surface area contributed by atoms with Crippen molar-refractivity contribution >= 4 is 11.9 Å². The fourth-order valence-electron chi connectivity index (χ4n) is 4.94. The van der Waals surface area contributed by atoms with E-state index in [2.05, 4.69) is 6.92 Å². The Balaban J connectivity index is 1.72. The second-order valence-electron chi connectivity index (χ2n) is 11.4. The van der Waals surface area contributed by atoms with Crippen LogP contribution in [0.25, 0.3) is 22.3 Å². The van der Waals surface area contributed by atoms with Crippen molar-refractivity contribution < 1.29 is 28.6 Å². The molecule has 3 aromatic carbocycles. The van der Waals surface area contributed by atoms with E-state index in [4.69, 9.17) is 9.47 Å². The molecule has 0 unspecified atom stereocenters. The van der Waals surface area contributed by atoms with E-state index in [1.165, 1.54) is 69.6 Å².